The minimum atomic E-state index is -0.656. The molecular formula is C17H22N2. The quantitative estimate of drug-likeness (QED) is 0.881. The lowest BCUT2D eigenvalue weighted by atomic mass is 9.74. The van der Waals surface area contributed by atoms with Crippen LogP contribution in [-0.2, 0) is 5.54 Å². The molecule has 0 aliphatic carbocycles. The van der Waals surface area contributed by atoms with E-state index in [1.807, 2.05) is 36.4 Å². The first-order valence-corrected chi connectivity index (χ1v) is 6.72. The fourth-order valence-corrected chi connectivity index (χ4v) is 2.51. The van der Waals surface area contributed by atoms with E-state index in [0.717, 1.165) is 11.1 Å². The number of hydrogen-bond acceptors (Lipinski definition) is 2. The summed E-state index contributed by atoms with van der Waals surface area (Å²) in [6.07, 6.45) is 0. The molecule has 2 aromatic rings. The van der Waals surface area contributed by atoms with Crippen molar-refractivity contribution >= 4 is 0 Å². The Labute approximate surface area is 115 Å². The molecule has 4 N–H and O–H groups in total. The lowest BCUT2D eigenvalue weighted by Gasteiger charge is -2.38. The van der Waals surface area contributed by atoms with Gasteiger partial charge < -0.3 is 11.5 Å². The Morgan fingerprint density at radius 2 is 1.16 bits per heavy atom. The summed E-state index contributed by atoms with van der Waals surface area (Å²) in [4.78, 5) is 0. The van der Waals surface area contributed by atoms with E-state index in [0.29, 0.717) is 5.92 Å². The Hall–Kier alpha value is -1.64. The molecule has 0 radical (unpaired) electrons. The van der Waals surface area contributed by atoms with Gasteiger partial charge in [0.2, 0.25) is 0 Å². The largest absolute Gasteiger partial charge is 0.325 e. The van der Waals surface area contributed by atoms with Crippen LogP contribution in [0.25, 0.3) is 0 Å². The molecule has 0 aromatic heterocycles. The number of rotatable bonds is 4. The molecule has 2 heteroatoms. The van der Waals surface area contributed by atoms with Crippen molar-refractivity contribution in [3.05, 3.63) is 71.8 Å². The minimum Gasteiger partial charge on any atom is -0.325 e. The fraction of sp³-hybridized carbons (Fsp3) is 0.294. The lowest BCUT2D eigenvalue weighted by molar-refractivity contribution is 0.337. The van der Waals surface area contributed by atoms with Crippen molar-refractivity contribution in [2.75, 3.05) is 0 Å². The topological polar surface area (TPSA) is 52.0 Å². The summed E-state index contributed by atoms with van der Waals surface area (Å²) in [5.41, 5.74) is 14.7. The number of benzene rings is 2. The highest BCUT2D eigenvalue weighted by Crippen LogP contribution is 2.32. The van der Waals surface area contributed by atoms with E-state index in [9.17, 15) is 0 Å². The maximum absolute atomic E-state index is 6.76. The molecule has 2 rings (SSSR count). The highest BCUT2D eigenvalue weighted by atomic mass is 14.9. The van der Waals surface area contributed by atoms with E-state index in [1.54, 1.807) is 0 Å². The van der Waals surface area contributed by atoms with Gasteiger partial charge in [-0.05, 0) is 17.0 Å². The summed E-state index contributed by atoms with van der Waals surface area (Å²) < 4.78 is 0. The molecule has 19 heavy (non-hydrogen) atoms. The van der Waals surface area contributed by atoms with Crippen molar-refractivity contribution in [2.45, 2.75) is 25.4 Å². The standard InChI is InChI=1S/C17H22N2/c1-13(2)16(18)17(19,14-9-5-3-6-10-14)15-11-7-4-8-12-15/h3-13,16H,18-19H2,1-2H3/t16-/m0/s1. The molecule has 2 aromatic carbocycles. The highest BCUT2D eigenvalue weighted by molar-refractivity contribution is 5.40. The van der Waals surface area contributed by atoms with Gasteiger partial charge in [0.1, 0.15) is 0 Å². The Balaban J connectivity index is 2.57. The third-order valence-electron chi connectivity index (χ3n) is 3.75. The summed E-state index contributed by atoms with van der Waals surface area (Å²) in [5.74, 6) is 0.297. The summed E-state index contributed by atoms with van der Waals surface area (Å²) in [6.45, 7) is 4.22. The van der Waals surface area contributed by atoms with Gasteiger partial charge in [0, 0.05) is 6.04 Å². The molecule has 1 atom stereocenters. The molecule has 0 spiro atoms. The second-order valence-corrected chi connectivity index (χ2v) is 5.37. The maximum Gasteiger partial charge on any atom is 0.0821 e. The average molecular weight is 254 g/mol. The zero-order valence-corrected chi connectivity index (χ0v) is 11.6. The normalized spacial score (nSPS) is 13.5. The van der Waals surface area contributed by atoms with Crippen LogP contribution < -0.4 is 11.5 Å². The van der Waals surface area contributed by atoms with Gasteiger partial charge in [-0.25, -0.2) is 0 Å². The zero-order chi connectivity index (χ0) is 13.9. The summed E-state index contributed by atoms with van der Waals surface area (Å²) in [5, 5.41) is 0. The zero-order valence-electron chi connectivity index (χ0n) is 11.6. The Morgan fingerprint density at radius 1 is 0.789 bits per heavy atom. The van der Waals surface area contributed by atoms with Gasteiger partial charge >= 0.3 is 0 Å². The first-order chi connectivity index (χ1) is 9.06. The van der Waals surface area contributed by atoms with Gasteiger partial charge in [-0.15, -0.1) is 0 Å². The van der Waals surface area contributed by atoms with Gasteiger partial charge in [-0.2, -0.15) is 0 Å². The first-order valence-electron chi connectivity index (χ1n) is 6.72. The fourth-order valence-electron chi connectivity index (χ4n) is 2.51. The maximum atomic E-state index is 6.76. The molecule has 0 amide bonds. The second-order valence-electron chi connectivity index (χ2n) is 5.37. The predicted octanol–water partition coefficient (Wildman–Crippen LogP) is 2.87. The third-order valence-corrected chi connectivity index (χ3v) is 3.75. The van der Waals surface area contributed by atoms with Crippen molar-refractivity contribution in [1.29, 1.82) is 0 Å². The molecule has 0 aliphatic rings. The molecule has 2 nitrogen and oxygen atoms in total. The Kier molecular flexibility index (Phi) is 4.03. The van der Waals surface area contributed by atoms with Gasteiger partial charge in [-0.3, -0.25) is 0 Å². The van der Waals surface area contributed by atoms with E-state index in [-0.39, 0.29) is 6.04 Å². The minimum absolute atomic E-state index is 0.141. The van der Waals surface area contributed by atoms with Crippen LogP contribution in [0.15, 0.2) is 60.7 Å². The molecule has 0 heterocycles. The second kappa shape index (κ2) is 5.55. The molecule has 0 saturated heterocycles. The van der Waals surface area contributed by atoms with Crippen LogP contribution in [-0.4, -0.2) is 6.04 Å². The van der Waals surface area contributed by atoms with Crippen LogP contribution >= 0.6 is 0 Å². The Bertz CT molecular complexity index is 466. The lowest BCUT2D eigenvalue weighted by Crippen LogP contribution is -2.55. The third kappa shape index (κ3) is 2.55. The number of hydrogen-bond donors (Lipinski definition) is 2. The predicted molar refractivity (Wildman–Crippen MR) is 80.7 cm³/mol. The molecule has 0 bridgehead atoms. The smallest absolute Gasteiger partial charge is 0.0821 e. The van der Waals surface area contributed by atoms with Crippen molar-refractivity contribution in [2.24, 2.45) is 17.4 Å². The molecule has 0 unspecified atom stereocenters. The summed E-state index contributed by atoms with van der Waals surface area (Å²) >= 11 is 0. The summed E-state index contributed by atoms with van der Waals surface area (Å²) in [6, 6.07) is 20.1. The van der Waals surface area contributed by atoms with Crippen LogP contribution in [0.5, 0.6) is 0 Å². The molecule has 0 saturated carbocycles. The van der Waals surface area contributed by atoms with Crippen LogP contribution in [0.2, 0.25) is 0 Å². The van der Waals surface area contributed by atoms with E-state index in [1.165, 1.54) is 0 Å². The van der Waals surface area contributed by atoms with Gasteiger partial charge in [0.15, 0.2) is 0 Å². The first kappa shape index (κ1) is 13.8. The van der Waals surface area contributed by atoms with Crippen LogP contribution in [0, 0.1) is 5.92 Å². The van der Waals surface area contributed by atoms with Gasteiger partial charge in [0.05, 0.1) is 5.54 Å². The monoisotopic (exact) mass is 254 g/mol. The van der Waals surface area contributed by atoms with E-state index in [4.69, 9.17) is 11.5 Å². The summed E-state index contributed by atoms with van der Waals surface area (Å²) in [7, 11) is 0. The van der Waals surface area contributed by atoms with Crippen molar-refractivity contribution in [3.8, 4) is 0 Å². The van der Waals surface area contributed by atoms with Crippen LogP contribution in [0.4, 0.5) is 0 Å². The van der Waals surface area contributed by atoms with Gasteiger partial charge in [0.25, 0.3) is 0 Å². The number of nitrogens with two attached hydrogens (primary N) is 2. The van der Waals surface area contributed by atoms with Crippen molar-refractivity contribution in [3.63, 3.8) is 0 Å². The van der Waals surface area contributed by atoms with E-state index < -0.39 is 5.54 Å². The van der Waals surface area contributed by atoms with Crippen LogP contribution in [0.1, 0.15) is 25.0 Å². The molecule has 0 fully saturated rings. The Morgan fingerprint density at radius 3 is 1.47 bits per heavy atom. The van der Waals surface area contributed by atoms with E-state index >= 15 is 0 Å². The highest BCUT2D eigenvalue weighted by Gasteiger charge is 2.37. The van der Waals surface area contributed by atoms with Crippen molar-refractivity contribution in [1.82, 2.24) is 0 Å². The molecule has 100 valence electrons. The van der Waals surface area contributed by atoms with Gasteiger partial charge in [-0.1, -0.05) is 74.5 Å². The SMILES string of the molecule is CC(C)[C@H](N)C(N)(c1ccccc1)c1ccccc1. The molecule has 0 aliphatic heterocycles. The van der Waals surface area contributed by atoms with Crippen molar-refractivity contribution < 1.29 is 0 Å². The van der Waals surface area contributed by atoms with Crippen LogP contribution in [0.3, 0.4) is 0 Å². The van der Waals surface area contributed by atoms with E-state index in [2.05, 4.69) is 38.1 Å². The average Bonchev–Trinajstić information content (AvgIpc) is 2.47. The molecular weight excluding hydrogens is 232 g/mol.